The molecule has 0 amide bonds. The van der Waals surface area contributed by atoms with Gasteiger partial charge >= 0.3 is 0 Å². The molecule has 1 N–H and O–H groups in total. The first-order valence-corrected chi connectivity index (χ1v) is 3.93. The minimum atomic E-state index is 0.0436. The van der Waals surface area contributed by atoms with E-state index in [4.69, 9.17) is 5.11 Å². The highest BCUT2D eigenvalue weighted by Gasteiger charge is 1.92. The average Bonchev–Trinajstić information content (AvgIpc) is 1.86. The Morgan fingerprint density at radius 2 is 2.18 bits per heavy atom. The van der Waals surface area contributed by atoms with Crippen molar-refractivity contribution in [2.75, 3.05) is 6.61 Å². The summed E-state index contributed by atoms with van der Waals surface area (Å²) in [5.41, 5.74) is 6.93. The van der Waals surface area contributed by atoms with Gasteiger partial charge in [-0.05, 0) is 30.9 Å². The van der Waals surface area contributed by atoms with E-state index < -0.39 is 0 Å². The summed E-state index contributed by atoms with van der Waals surface area (Å²) >= 11 is 0. The number of allylic oxidation sites excluding steroid dienone is 1. The lowest BCUT2D eigenvalue weighted by Crippen LogP contribution is -1.85. The largest absolute Gasteiger partial charge is 0.392 e. The van der Waals surface area contributed by atoms with Crippen LogP contribution in [-0.2, 0) is 0 Å². The lowest BCUT2D eigenvalue weighted by Gasteiger charge is -1.99. The number of aliphatic hydroxyl groups is 1. The molecule has 0 aromatic carbocycles. The molecule has 1 nitrogen and oxygen atoms in total. The van der Waals surface area contributed by atoms with Crippen molar-refractivity contribution in [3.05, 3.63) is 23.1 Å². The van der Waals surface area contributed by atoms with Crippen LogP contribution in [0.1, 0.15) is 27.2 Å². The van der Waals surface area contributed by atoms with Crippen molar-refractivity contribution < 1.29 is 5.11 Å². The molecule has 0 saturated carbocycles. The van der Waals surface area contributed by atoms with Crippen LogP contribution in [0.4, 0.5) is 0 Å². The molecule has 0 radical (unpaired) electrons. The fraction of sp³-hybridized carbons (Fsp3) is 0.600. The highest BCUT2D eigenvalue weighted by molar-refractivity contribution is 4.98. The van der Waals surface area contributed by atoms with Gasteiger partial charge in [0.1, 0.15) is 0 Å². The van der Waals surface area contributed by atoms with Crippen molar-refractivity contribution in [2.24, 2.45) is 5.92 Å². The van der Waals surface area contributed by atoms with Gasteiger partial charge in [-0.25, -0.2) is 0 Å². The normalized spacial score (nSPS) is 8.82. The highest BCUT2D eigenvalue weighted by Crippen LogP contribution is 2.07. The molecule has 0 aliphatic heterocycles. The summed E-state index contributed by atoms with van der Waals surface area (Å²) in [6.45, 7) is 6.40. The van der Waals surface area contributed by atoms with Crippen LogP contribution in [0.3, 0.4) is 0 Å². The summed E-state index contributed by atoms with van der Waals surface area (Å²) in [6, 6.07) is 0. The Kier molecular flexibility index (Phi) is 5.60. The first-order valence-electron chi connectivity index (χ1n) is 3.93. The van der Waals surface area contributed by atoms with E-state index in [-0.39, 0.29) is 6.61 Å². The second kappa shape index (κ2) is 6.00. The highest BCUT2D eigenvalue weighted by atomic mass is 16.2. The summed E-state index contributed by atoms with van der Waals surface area (Å²) in [5.74, 6) is 0.665. The van der Waals surface area contributed by atoms with E-state index in [2.05, 4.69) is 25.3 Å². The molecule has 0 unspecified atom stereocenters. The second-order valence-electron chi connectivity index (χ2n) is 3.03. The van der Waals surface area contributed by atoms with E-state index in [0.29, 0.717) is 5.92 Å². The first kappa shape index (κ1) is 10.3. The van der Waals surface area contributed by atoms with E-state index in [1.54, 1.807) is 6.08 Å². The molecule has 1 heteroatoms. The topological polar surface area (TPSA) is 20.2 Å². The zero-order chi connectivity index (χ0) is 8.69. The molecule has 0 aliphatic rings. The molecule has 0 saturated heterocycles. The predicted octanol–water partition coefficient (Wildman–Crippen LogP) is 2.28. The maximum absolute atomic E-state index is 8.39. The summed E-state index contributed by atoms with van der Waals surface area (Å²) in [7, 11) is 0. The van der Waals surface area contributed by atoms with Gasteiger partial charge in [-0.3, -0.25) is 0 Å². The molecular formula is C10H16O. The van der Waals surface area contributed by atoms with Crippen LogP contribution < -0.4 is 0 Å². The Labute approximate surface area is 68.7 Å². The maximum atomic E-state index is 8.39. The van der Waals surface area contributed by atoms with Gasteiger partial charge in [0.15, 0.2) is 0 Å². The fourth-order valence-corrected chi connectivity index (χ4v) is 0.883. The molecule has 0 rings (SSSR count). The van der Waals surface area contributed by atoms with Gasteiger partial charge in [0, 0.05) is 0 Å². The van der Waals surface area contributed by atoms with Gasteiger partial charge < -0.3 is 5.11 Å². The number of hydrogen-bond donors (Lipinski definition) is 1. The standard InChI is InChI=1S/C10H16O/c1-9(2)8-10(3)6-4-5-7-11/h5,9,11H,7-8H2,1-3H3. The quantitative estimate of drug-likeness (QED) is 0.615. The third-order valence-corrected chi connectivity index (χ3v) is 1.19. The molecule has 0 aromatic rings. The lowest BCUT2D eigenvalue weighted by molar-refractivity contribution is 0.343. The number of hydrogen-bond acceptors (Lipinski definition) is 1. The van der Waals surface area contributed by atoms with Crippen molar-refractivity contribution in [1.29, 1.82) is 0 Å². The van der Waals surface area contributed by atoms with Crippen LogP contribution in [0.2, 0.25) is 0 Å². The molecule has 0 fully saturated rings. The predicted molar refractivity (Wildman–Crippen MR) is 47.3 cm³/mol. The van der Waals surface area contributed by atoms with Gasteiger partial charge in [0.05, 0.1) is 6.61 Å². The van der Waals surface area contributed by atoms with Gasteiger partial charge in [0.25, 0.3) is 0 Å². The SMILES string of the molecule is CC(=C=C=CCO)CC(C)C. The van der Waals surface area contributed by atoms with Crippen LogP contribution in [0.25, 0.3) is 0 Å². The summed E-state index contributed by atoms with van der Waals surface area (Å²) in [4.78, 5) is 0. The molecule has 0 atom stereocenters. The zero-order valence-corrected chi connectivity index (χ0v) is 7.52. The van der Waals surface area contributed by atoms with Crippen molar-refractivity contribution in [3.8, 4) is 0 Å². The Hall–Kier alpha value is -0.740. The van der Waals surface area contributed by atoms with Crippen LogP contribution in [0, 0.1) is 5.92 Å². The third-order valence-electron chi connectivity index (χ3n) is 1.19. The molecule has 0 aliphatic carbocycles. The molecule has 0 heterocycles. The molecular weight excluding hydrogens is 136 g/mol. The lowest BCUT2D eigenvalue weighted by atomic mass is 10.1. The smallest absolute Gasteiger partial charge is 0.0692 e. The minimum Gasteiger partial charge on any atom is -0.392 e. The van der Waals surface area contributed by atoms with Crippen molar-refractivity contribution in [2.45, 2.75) is 27.2 Å². The first-order chi connectivity index (χ1) is 5.16. The van der Waals surface area contributed by atoms with Crippen molar-refractivity contribution >= 4 is 0 Å². The molecule has 0 spiro atoms. The van der Waals surface area contributed by atoms with E-state index in [0.717, 1.165) is 6.42 Å². The van der Waals surface area contributed by atoms with Crippen LogP contribution >= 0.6 is 0 Å². The maximum Gasteiger partial charge on any atom is 0.0692 e. The van der Waals surface area contributed by atoms with E-state index >= 15 is 0 Å². The summed E-state index contributed by atoms with van der Waals surface area (Å²) in [6.07, 6.45) is 2.61. The average molecular weight is 152 g/mol. The minimum absolute atomic E-state index is 0.0436. The number of aliphatic hydroxyl groups excluding tert-OH is 1. The van der Waals surface area contributed by atoms with Crippen molar-refractivity contribution in [1.82, 2.24) is 0 Å². The fourth-order valence-electron chi connectivity index (χ4n) is 0.883. The van der Waals surface area contributed by atoms with E-state index in [1.807, 2.05) is 6.92 Å². The Balaban J connectivity index is 4.10. The zero-order valence-electron chi connectivity index (χ0n) is 7.52. The molecule has 0 aromatic heterocycles. The monoisotopic (exact) mass is 152 g/mol. The van der Waals surface area contributed by atoms with Crippen molar-refractivity contribution in [3.63, 3.8) is 0 Å². The Morgan fingerprint density at radius 1 is 1.55 bits per heavy atom. The van der Waals surface area contributed by atoms with Crippen LogP contribution in [0.15, 0.2) is 23.1 Å². The third kappa shape index (κ3) is 7.15. The van der Waals surface area contributed by atoms with Gasteiger partial charge in [0.2, 0.25) is 0 Å². The molecule has 11 heavy (non-hydrogen) atoms. The molecule has 62 valence electrons. The van der Waals surface area contributed by atoms with Gasteiger partial charge in [-0.2, -0.15) is 0 Å². The van der Waals surface area contributed by atoms with Crippen LogP contribution in [0.5, 0.6) is 0 Å². The van der Waals surface area contributed by atoms with Gasteiger partial charge in [-0.1, -0.05) is 25.3 Å². The van der Waals surface area contributed by atoms with Crippen LogP contribution in [-0.4, -0.2) is 11.7 Å². The Bertz CT molecular complexity index is 189. The van der Waals surface area contributed by atoms with E-state index in [1.165, 1.54) is 5.57 Å². The number of rotatable bonds is 3. The summed E-state index contributed by atoms with van der Waals surface area (Å²) in [5, 5.41) is 8.39. The van der Waals surface area contributed by atoms with Gasteiger partial charge in [-0.15, -0.1) is 0 Å². The molecule has 0 bridgehead atoms. The second-order valence-corrected chi connectivity index (χ2v) is 3.03. The van der Waals surface area contributed by atoms with E-state index in [9.17, 15) is 0 Å². The Morgan fingerprint density at radius 3 is 2.64 bits per heavy atom. The summed E-state index contributed by atoms with van der Waals surface area (Å²) < 4.78 is 0.